The molecule has 4 rings (SSSR count). The lowest BCUT2D eigenvalue weighted by Gasteiger charge is -2.13. The van der Waals surface area contributed by atoms with Crippen LogP contribution in [0.2, 0.25) is 0 Å². The molecule has 0 radical (unpaired) electrons. The van der Waals surface area contributed by atoms with Gasteiger partial charge in [-0.05, 0) is 29.7 Å². The molecule has 0 atom stereocenters. The highest BCUT2D eigenvalue weighted by Gasteiger charge is 2.15. The lowest BCUT2D eigenvalue weighted by Crippen LogP contribution is -2.10. The van der Waals surface area contributed by atoms with Gasteiger partial charge in [0.1, 0.15) is 12.4 Å². The van der Waals surface area contributed by atoms with E-state index >= 15 is 0 Å². The smallest absolute Gasteiger partial charge is 0.191 e. The van der Waals surface area contributed by atoms with Gasteiger partial charge in [-0.1, -0.05) is 97.2 Å². The van der Waals surface area contributed by atoms with Gasteiger partial charge in [0.25, 0.3) is 0 Å². The van der Waals surface area contributed by atoms with Crippen molar-refractivity contribution in [1.82, 2.24) is 14.8 Å². The second kappa shape index (κ2) is 10.1. The molecule has 1 heterocycles. The summed E-state index contributed by atoms with van der Waals surface area (Å²) in [5.74, 6) is 2.45. The molecule has 5 heteroatoms. The van der Waals surface area contributed by atoms with Crippen molar-refractivity contribution < 1.29 is 4.74 Å². The van der Waals surface area contributed by atoms with E-state index in [2.05, 4.69) is 82.9 Å². The Morgan fingerprint density at radius 2 is 1.61 bits per heavy atom. The fraction of sp³-hybridized carbons (Fsp3) is 0.154. The molecule has 0 N–H and O–H groups in total. The summed E-state index contributed by atoms with van der Waals surface area (Å²) in [7, 11) is 0. The van der Waals surface area contributed by atoms with E-state index < -0.39 is 0 Å². The molecule has 0 saturated heterocycles. The quantitative estimate of drug-likeness (QED) is 0.300. The first-order valence-electron chi connectivity index (χ1n) is 10.2. The van der Waals surface area contributed by atoms with Crippen LogP contribution in [-0.2, 0) is 18.9 Å². The third-order valence-corrected chi connectivity index (χ3v) is 6.07. The van der Waals surface area contributed by atoms with E-state index in [1.165, 1.54) is 11.1 Å². The van der Waals surface area contributed by atoms with Gasteiger partial charge in [0, 0.05) is 11.3 Å². The topological polar surface area (TPSA) is 39.9 Å². The molecule has 0 aliphatic rings. The van der Waals surface area contributed by atoms with Gasteiger partial charge in [-0.25, -0.2) is 0 Å². The molecule has 156 valence electrons. The van der Waals surface area contributed by atoms with Crippen LogP contribution in [-0.4, -0.2) is 14.8 Å². The summed E-state index contributed by atoms with van der Waals surface area (Å²) < 4.78 is 8.29. The number of benzene rings is 3. The van der Waals surface area contributed by atoms with Crippen LogP contribution in [0.4, 0.5) is 0 Å². The van der Waals surface area contributed by atoms with E-state index in [-0.39, 0.29) is 0 Å². The van der Waals surface area contributed by atoms with Gasteiger partial charge in [0.05, 0.1) is 6.54 Å². The number of thioether (sulfide) groups is 1. The predicted octanol–water partition coefficient (Wildman–Crippen LogP) is 6.15. The minimum absolute atomic E-state index is 0.343. The molecule has 0 bridgehead atoms. The first kappa shape index (κ1) is 20.9. The Labute approximate surface area is 187 Å². The SMILES string of the molecule is C=Cc1c(C)cccc1OCc1nnc(SCc2ccccc2)n1Cc1ccccc1. The molecular weight excluding hydrogens is 402 g/mol. The summed E-state index contributed by atoms with van der Waals surface area (Å²) in [5, 5.41) is 9.82. The molecule has 3 aromatic carbocycles. The molecule has 0 fully saturated rings. The molecule has 0 saturated carbocycles. The van der Waals surface area contributed by atoms with Crippen molar-refractivity contribution in [3.05, 3.63) is 114 Å². The molecule has 1 aromatic heterocycles. The zero-order chi connectivity index (χ0) is 21.5. The summed E-state index contributed by atoms with van der Waals surface area (Å²) in [5.41, 5.74) is 4.61. The maximum Gasteiger partial charge on any atom is 0.191 e. The van der Waals surface area contributed by atoms with Crippen molar-refractivity contribution in [2.45, 2.75) is 31.0 Å². The number of nitrogens with zero attached hydrogens (tertiary/aromatic N) is 3. The monoisotopic (exact) mass is 427 g/mol. The Bertz CT molecular complexity index is 1140. The largest absolute Gasteiger partial charge is 0.485 e. The van der Waals surface area contributed by atoms with E-state index in [9.17, 15) is 0 Å². The van der Waals surface area contributed by atoms with Crippen molar-refractivity contribution in [1.29, 1.82) is 0 Å². The molecule has 0 aliphatic heterocycles. The van der Waals surface area contributed by atoms with E-state index in [1.807, 2.05) is 30.3 Å². The van der Waals surface area contributed by atoms with Crippen molar-refractivity contribution in [3.8, 4) is 5.75 Å². The lowest BCUT2D eigenvalue weighted by molar-refractivity contribution is 0.288. The number of rotatable bonds is 9. The summed E-state index contributed by atoms with van der Waals surface area (Å²) in [6.07, 6.45) is 1.83. The Hall–Kier alpha value is -3.31. The van der Waals surface area contributed by atoms with Crippen LogP contribution in [0.15, 0.2) is 90.6 Å². The van der Waals surface area contributed by atoms with Crippen LogP contribution in [0.25, 0.3) is 6.08 Å². The van der Waals surface area contributed by atoms with Crippen LogP contribution in [0.1, 0.15) is 28.1 Å². The second-order valence-corrected chi connectivity index (χ2v) is 8.17. The number of aromatic nitrogens is 3. The molecule has 0 amide bonds. The first-order valence-corrected chi connectivity index (χ1v) is 11.2. The summed E-state index contributed by atoms with van der Waals surface area (Å²) >= 11 is 1.69. The van der Waals surface area contributed by atoms with Gasteiger partial charge in [-0.3, -0.25) is 4.57 Å². The summed E-state index contributed by atoms with van der Waals surface area (Å²) in [6.45, 7) is 7.02. The maximum atomic E-state index is 6.15. The van der Waals surface area contributed by atoms with Crippen molar-refractivity contribution in [2.24, 2.45) is 0 Å². The van der Waals surface area contributed by atoms with Gasteiger partial charge < -0.3 is 4.74 Å². The highest BCUT2D eigenvalue weighted by atomic mass is 32.2. The van der Waals surface area contributed by atoms with Crippen LogP contribution < -0.4 is 4.74 Å². The van der Waals surface area contributed by atoms with Crippen molar-refractivity contribution >= 4 is 17.8 Å². The molecular formula is C26H25N3OS. The minimum atomic E-state index is 0.343. The third kappa shape index (κ3) is 5.25. The van der Waals surface area contributed by atoms with Crippen LogP contribution in [0.3, 0.4) is 0 Å². The predicted molar refractivity (Wildman–Crippen MR) is 127 cm³/mol. The average Bonchev–Trinajstić information content (AvgIpc) is 3.19. The number of ether oxygens (including phenoxy) is 1. The molecule has 4 nitrogen and oxygen atoms in total. The van der Waals surface area contributed by atoms with E-state index in [4.69, 9.17) is 4.74 Å². The number of aryl methyl sites for hydroxylation is 1. The van der Waals surface area contributed by atoms with Crippen LogP contribution >= 0.6 is 11.8 Å². The van der Waals surface area contributed by atoms with Gasteiger partial charge in [-0.2, -0.15) is 0 Å². The molecule has 31 heavy (non-hydrogen) atoms. The Morgan fingerprint density at radius 3 is 2.32 bits per heavy atom. The first-order chi connectivity index (χ1) is 15.2. The fourth-order valence-corrected chi connectivity index (χ4v) is 4.28. The van der Waals surface area contributed by atoms with Crippen LogP contribution in [0, 0.1) is 6.92 Å². The Balaban J connectivity index is 1.57. The molecule has 0 unspecified atom stereocenters. The highest BCUT2D eigenvalue weighted by molar-refractivity contribution is 7.98. The Morgan fingerprint density at radius 1 is 0.903 bits per heavy atom. The molecule has 4 aromatic rings. The number of hydrogen-bond acceptors (Lipinski definition) is 4. The Kier molecular flexibility index (Phi) is 6.85. The third-order valence-electron chi connectivity index (χ3n) is 5.03. The summed E-state index contributed by atoms with van der Waals surface area (Å²) in [4.78, 5) is 0. The maximum absolute atomic E-state index is 6.15. The summed E-state index contributed by atoms with van der Waals surface area (Å²) in [6, 6.07) is 26.8. The minimum Gasteiger partial charge on any atom is -0.485 e. The lowest BCUT2D eigenvalue weighted by atomic mass is 10.1. The number of hydrogen-bond donors (Lipinski definition) is 0. The zero-order valence-electron chi connectivity index (χ0n) is 17.6. The highest BCUT2D eigenvalue weighted by Crippen LogP contribution is 2.26. The van der Waals surface area contributed by atoms with Crippen molar-refractivity contribution in [3.63, 3.8) is 0 Å². The zero-order valence-corrected chi connectivity index (χ0v) is 18.4. The van der Waals surface area contributed by atoms with Crippen LogP contribution in [0.5, 0.6) is 5.75 Å². The van der Waals surface area contributed by atoms with Gasteiger partial charge >= 0.3 is 0 Å². The normalized spacial score (nSPS) is 10.7. The molecule has 0 aliphatic carbocycles. The average molecular weight is 428 g/mol. The van der Waals surface area contributed by atoms with Crippen molar-refractivity contribution in [2.75, 3.05) is 0 Å². The van der Waals surface area contributed by atoms with Gasteiger partial charge in [0.15, 0.2) is 11.0 Å². The second-order valence-electron chi connectivity index (χ2n) is 7.22. The fourth-order valence-electron chi connectivity index (χ4n) is 3.36. The standard InChI is InChI=1S/C26H25N3OS/c1-3-23-20(2)11-10-16-24(23)30-18-25-27-28-26(31-19-22-14-8-5-9-15-22)29(25)17-21-12-6-4-7-13-21/h3-16H,1,17-19H2,2H3. The van der Waals surface area contributed by atoms with E-state index in [0.29, 0.717) is 13.2 Å². The van der Waals surface area contributed by atoms with Gasteiger partial charge in [0.2, 0.25) is 0 Å². The van der Waals surface area contributed by atoms with Gasteiger partial charge in [-0.15, -0.1) is 10.2 Å². The van der Waals surface area contributed by atoms with E-state index in [0.717, 1.165) is 33.6 Å². The van der Waals surface area contributed by atoms with E-state index in [1.54, 1.807) is 11.8 Å². The molecule has 0 spiro atoms.